The molecule has 2 amide bonds. The Labute approximate surface area is 163 Å². The lowest BCUT2D eigenvalue weighted by molar-refractivity contribution is -0.146. The summed E-state index contributed by atoms with van der Waals surface area (Å²) >= 11 is 1.53. The molecule has 1 unspecified atom stereocenters. The van der Waals surface area contributed by atoms with Crippen LogP contribution in [0, 0.1) is 5.41 Å². The summed E-state index contributed by atoms with van der Waals surface area (Å²) in [7, 11) is 1.65. The zero-order valence-corrected chi connectivity index (χ0v) is 16.3. The number of nitrogens with zero attached hydrogens (tertiary/aromatic N) is 2. The number of benzene rings is 1. The standard InChI is InChI=1S/C21H24N2O3S/c1-26-18-5-2-4-16(12-18)13-22-9-3-7-21(20(22)25)8-10-23(15-21)19(24)17-6-11-27-14-17/h2,4-6,11-12,14H,3,7-10,13,15H2,1H3. The highest BCUT2D eigenvalue weighted by Crippen LogP contribution is 2.41. The molecule has 6 heteroatoms. The lowest BCUT2D eigenvalue weighted by atomic mass is 9.78. The van der Waals surface area contributed by atoms with Gasteiger partial charge in [-0.25, -0.2) is 0 Å². The van der Waals surface area contributed by atoms with Crippen LogP contribution in [0.2, 0.25) is 0 Å². The van der Waals surface area contributed by atoms with E-state index in [2.05, 4.69) is 0 Å². The quantitative estimate of drug-likeness (QED) is 0.812. The van der Waals surface area contributed by atoms with Crippen LogP contribution in [0.15, 0.2) is 41.1 Å². The first-order valence-corrected chi connectivity index (χ1v) is 10.3. The molecule has 1 aromatic carbocycles. The Morgan fingerprint density at radius 2 is 2.15 bits per heavy atom. The Bertz CT molecular complexity index is 836. The molecule has 4 rings (SSSR count). The van der Waals surface area contributed by atoms with Gasteiger partial charge < -0.3 is 14.5 Å². The van der Waals surface area contributed by atoms with E-state index in [1.54, 1.807) is 7.11 Å². The minimum Gasteiger partial charge on any atom is -0.497 e. The highest BCUT2D eigenvalue weighted by molar-refractivity contribution is 7.08. The molecule has 5 nitrogen and oxygen atoms in total. The molecule has 3 heterocycles. The number of likely N-dealkylation sites (tertiary alicyclic amines) is 2. The molecular formula is C21H24N2O3S. The summed E-state index contributed by atoms with van der Waals surface area (Å²) in [5.41, 5.74) is 1.39. The number of rotatable bonds is 4. The first-order chi connectivity index (χ1) is 13.1. The van der Waals surface area contributed by atoms with Gasteiger partial charge in [0.05, 0.1) is 18.1 Å². The second kappa shape index (κ2) is 7.35. The van der Waals surface area contributed by atoms with E-state index in [9.17, 15) is 9.59 Å². The maximum Gasteiger partial charge on any atom is 0.254 e. The molecule has 2 saturated heterocycles. The number of hydrogen-bond donors (Lipinski definition) is 0. The summed E-state index contributed by atoms with van der Waals surface area (Å²) in [6.07, 6.45) is 2.61. The number of thiophene rings is 1. The summed E-state index contributed by atoms with van der Waals surface area (Å²) in [5, 5.41) is 3.80. The maximum absolute atomic E-state index is 13.3. The van der Waals surface area contributed by atoms with Crippen LogP contribution in [0.3, 0.4) is 0 Å². The second-order valence-corrected chi connectivity index (χ2v) is 8.23. The van der Waals surface area contributed by atoms with Crippen LogP contribution in [-0.2, 0) is 11.3 Å². The van der Waals surface area contributed by atoms with Crippen LogP contribution in [0.4, 0.5) is 0 Å². The smallest absolute Gasteiger partial charge is 0.254 e. The topological polar surface area (TPSA) is 49.9 Å². The van der Waals surface area contributed by atoms with Gasteiger partial charge in [0.2, 0.25) is 5.91 Å². The van der Waals surface area contributed by atoms with Gasteiger partial charge in [0.1, 0.15) is 5.75 Å². The predicted octanol–water partition coefficient (Wildman–Crippen LogP) is 3.41. The Kier molecular flexibility index (Phi) is 4.91. The van der Waals surface area contributed by atoms with E-state index < -0.39 is 5.41 Å². The summed E-state index contributed by atoms with van der Waals surface area (Å²) < 4.78 is 5.29. The lowest BCUT2D eigenvalue weighted by Crippen LogP contribution is -2.50. The van der Waals surface area contributed by atoms with Crippen molar-refractivity contribution in [3.8, 4) is 5.75 Å². The molecule has 2 aliphatic heterocycles. The van der Waals surface area contributed by atoms with Crippen LogP contribution in [0.5, 0.6) is 5.75 Å². The molecule has 1 atom stereocenters. The first-order valence-electron chi connectivity index (χ1n) is 9.35. The normalized spacial score (nSPS) is 22.5. The average Bonchev–Trinajstić information content (AvgIpc) is 3.36. The van der Waals surface area contributed by atoms with E-state index in [-0.39, 0.29) is 11.8 Å². The molecule has 142 valence electrons. The Morgan fingerprint density at radius 1 is 1.26 bits per heavy atom. The minimum absolute atomic E-state index is 0.0471. The zero-order valence-electron chi connectivity index (χ0n) is 15.5. The van der Waals surface area contributed by atoms with Crippen molar-refractivity contribution in [2.24, 2.45) is 5.41 Å². The zero-order chi connectivity index (χ0) is 18.9. The van der Waals surface area contributed by atoms with Crippen LogP contribution >= 0.6 is 11.3 Å². The SMILES string of the molecule is COc1cccc(CN2CCCC3(CCN(C(=O)c4ccsc4)C3)C2=O)c1. The van der Waals surface area contributed by atoms with Gasteiger partial charge in [-0.3, -0.25) is 9.59 Å². The predicted molar refractivity (Wildman–Crippen MR) is 105 cm³/mol. The summed E-state index contributed by atoms with van der Waals surface area (Å²) in [4.78, 5) is 29.8. The fraction of sp³-hybridized carbons (Fsp3) is 0.429. The Morgan fingerprint density at radius 3 is 2.93 bits per heavy atom. The van der Waals surface area contributed by atoms with Gasteiger partial charge >= 0.3 is 0 Å². The summed E-state index contributed by atoms with van der Waals surface area (Å²) in [6.45, 7) is 2.56. The largest absolute Gasteiger partial charge is 0.497 e. The number of piperidine rings is 1. The van der Waals surface area contributed by atoms with E-state index in [1.165, 1.54) is 11.3 Å². The van der Waals surface area contributed by atoms with E-state index in [0.717, 1.165) is 42.7 Å². The lowest BCUT2D eigenvalue weighted by Gasteiger charge is -2.39. The van der Waals surface area contributed by atoms with E-state index in [4.69, 9.17) is 4.74 Å². The molecule has 0 radical (unpaired) electrons. The van der Waals surface area contributed by atoms with Crippen LogP contribution in [-0.4, -0.2) is 48.4 Å². The van der Waals surface area contributed by atoms with Gasteiger partial charge in [0.15, 0.2) is 0 Å². The third-order valence-corrected chi connectivity index (χ3v) is 6.42. The molecule has 0 aliphatic carbocycles. The van der Waals surface area contributed by atoms with Crippen molar-refractivity contribution in [3.05, 3.63) is 52.2 Å². The fourth-order valence-electron chi connectivity index (χ4n) is 4.29. The third kappa shape index (κ3) is 3.46. The van der Waals surface area contributed by atoms with Crippen LogP contribution < -0.4 is 4.74 Å². The minimum atomic E-state index is -0.414. The monoisotopic (exact) mass is 384 g/mol. The number of amides is 2. The molecular weight excluding hydrogens is 360 g/mol. The first kappa shape index (κ1) is 18.0. The van der Waals surface area contributed by atoms with Gasteiger partial charge in [-0.05, 0) is 48.4 Å². The summed E-state index contributed by atoms with van der Waals surface area (Å²) in [6, 6.07) is 9.73. The highest BCUT2D eigenvalue weighted by Gasteiger charge is 2.49. The molecule has 0 N–H and O–H groups in total. The Balaban J connectivity index is 1.47. The number of hydrogen-bond acceptors (Lipinski definition) is 4. The van der Waals surface area contributed by atoms with Crippen molar-refractivity contribution in [1.82, 2.24) is 9.80 Å². The van der Waals surface area contributed by atoms with Gasteiger partial charge in [-0.2, -0.15) is 11.3 Å². The molecule has 1 aromatic heterocycles. The van der Waals surface area contributed by atoms with Crippen LogP contribution in [0.1, 0.15) is 35.2 Å². The molecule has 0 saturated carbocycles. The van der Waals surface area contributed by atoms with Gasteiger partial charge in [0, 0.05) is 31.6 Å². The molecule has 27 heavy (non-hydrogen) atoms. The van der Waals surface area contributed by atoms with E-state index in [1.807, 2.05) is 50.9 Å². The van der Waals surface area contributed by atoms with Crippen molar-refractivity contribution in [1.29, 1.82) is 0 Å². The van der Waals surface area contributed by atoms with Crippen molar-refractivity contribution >= 4 is 23.2 Å². The third-order valence-electron chi connectivity index (χ3n) is 5.74. The molecule has 2 fully saturated rings. The average molecular weight is 385 g/mol. The molecule has 2 aromatic rings. The fourth-order valence-corrected chi connectivity index (χ4v) is 4.92. The number of carbonyl (C=O) groups is 2. The van der Waals surface area contributed by atoms with E-state index >= 15 is 0 Å². The Hall–Kier alpha value is -2.34. The van der Waals surface area contributed by atoms with Gasteiger partial charge in [-0.15, -0.1) is 0 Å². The van der Waals surface area contributed by atoms with Crippen molar-refractivity contribution < 1.29 is 14.3 Å². The maximum atomic E-state index is 13.3. The molecule has 2 aliphatic rings. The summed E-state index contributed by atoms with van der Waals surface area (Å²) in [5.74, 6) is 1.04. The second-order valence-electron chi connectivity index (χ2n) is 7.45. The van der Waals surface area contributed by atoms with Crippen molar-refractivity contribution in [2.75, 3.05) is 26.7 Å². The van der Waals surface area contributed by atoms with E-state index in [0.29, 0.717) is 19.6 Å². The van der Waals surface area contributed by atoms with Crippen LogP contribution in [0.25, 0.3) is 0 Å². The number of ether oxygens (including phenoxy) is 1. The van der Waals surface area contributed by atoms with Crippen molar-refractivity contribution in [3.63, 3.8) is 0 Å². The highest BCUT2D eigenvalue weighted by atomic mass is 32.1. The molecule has 0 bridgehead atoms. The number of carbonyl (C=O) groups excluding carboxylic acids is 2. The molecule has 1 spiro atoms. The van der Waals surface area contributed by atoms with Gasteiger partial charge in [0.25, 0.3) is 5.91 Å². The van der Waals surface area contributed by atoms with Gasteiger partial charge in [-0.1, -0.05) is 12.1 Å². The number of methoxy groups -OCH3 is 1. The van der Waals surface area contributed by atoms with Crippen molar-refractivity contribution in [2.45, 2.75) is 25.8 Å².